The van der Waals surface area contributed by atoms with E-state index in [4.69, 9.17) is 4.74 Å². The van der Waals surface area contributed by atoms with Gasteiger partial charge in [0, 0.05) is 13.6 Å². The molecule has 1 aliphatic rings. The summed E-state index contributed by atoms with van der Waals surface area (Å²) in [6, 6.07) is 9.49. The number of carbonyl (C=O) groups excluding carboxylic acids is 1. The Morgan fingerprint density at radius 2 is 2.05 bits per heavy atom. The normalized spacial score (nSPS) is 18.8. The standard InChI is InChI=1S/C14H20N2O4S/c1-16-11-13(20-14(16)17)7-9-15-21(18,19)10-8-12-5-3-2-4-6-12/h2-6,13,15H,7-11H2,1H3. The summed E-state index contributed by atoms with van der Waals surface area (Å²) in [4.78, 5) is 12.6. The van der Waals surface area contributed by atoms with Gasteiger partial charge in [0.25, 0.3) is 0 Å². The van der Waals surface area contributed by atoms with Gasteiger partial charge in [0.15, 0.2) is 0 Å². The molecule has 116 valence electrons. The van der Waals surface area contributed by atoms with Crippen LogP contribution in [0.25, 0.3) is 0 Å². The molecular weight excluding hydrogens is 292 g/mol. The molecule has 1 aromatic carbocycles. The first-order valence-electron chi connectivity index (χ1n) is 6.89. The fourth-order valence-electron chi connectivity index (χ4n) is 2.14. The Hall–Kier alpha value is -1.60. The molecule has 1 unspecified atom stereocenters. The predicted molar refractivity (Wildman–Crippen MR) is 79.5 cm³/mol. The van der Waals surface area contributed by atoms with Crippen molar-refractivity contribution in [3.63, 3.8) is 0 Å². The molecule has 1 N–H and O–H groups in total. The number of ether oxygens (including phenoxy) is 1. The molecule has 7 heteroatoms. The molecule has 1 atom stereocenters. The number of nitrogens with one attached hydrogen (secondary N) is 1. The van der Waals surface area contributed by atoms with E-state index in [-0.39, 0.29) is 24.5 Å². The van der Waals surface area contributed by atoms with E-state index in [9.17, 15) is 13.2 Å². The van der Waals surface area contributed by atoms with Crippen molar-refractivity contribution >= 4 is 16.1 Å². The highest BCUT2D eigenvalue weighted by atomic mass is 32.2. The molecule has 0 radical (unpaired) electrons. The fourth-order valence-corrected chi connectivity index (χ4v) is 3.22. The van der Waals surface area contributed by atoms with Crippen molar-refractivity contribution in [1.82, 2.24) is 9.62 Å². The number of sulfonamides is 1. The predicted octanol–water partition coefficient (Wildman–Crippen LogP) is 0.989. The summed E-state index contributed by atoms with van der Waals surface area (Å²) in [7, 11) is -1.64. The molecule has 0 bridgehead atoms. The van der Waals surface area contributed by atoms with Crippen LogP contribution in [0, 0.1) is 0 Å². The highest BCUT2D eigenvalue weighted by Crippen LogP contribution is 2.11. The Balaban J connectivity index is 1.71. The zero-order valence-electron chi connectivity index (χ0n) is 12.0. The molecule has 1 aliphatic heterocycles. The number of benzene rings is 1. The Morgan fingerprint density at radius 1 is 1.33 bits per heavy atom. The lowest BCUT2D eigenvalue weighted by atomic mass is 10.2. The molecule has 0 spiro atoms. The van der Waals surface area contributed by atoms with Crippen LogP contribution in [0.2, 0.25) is 0 Å². The van der Waals surface area contributed by atoms with E-state index in [1.165, 1.54) is 4.90 Å². The highest BCUT2D eigenvalue weighted by molar-refractivity contribution is 7.89. The topological polar surface area (TPSA) is 75.7 Å². The van der Waals surface area contributed by atoms with Crippen LogP contribution in [0.15, 0.2) is 30.3 Å². The first kappa shape index (κ1) is 15.8. The number of cyclic esters (lactones) is 1. The van der Waals surface area contributed by atoms with E-state index in [0.717, 1.165) is 5.56 Å². The summed E-state index contributed by atoms with van der Waals surface area (Å²) < 4.78 is 31.4. The number of aryl methyl sites for hydroxylation is 1. The van der Waals surface area contributed by atoms with Crippen LogP contribution < -0.4 is 4.72 Å². The quantitative estimate of drug-likeness (QED) is 0.814. The molecule has 0 aliphatic carbocycles. The molecule has 6 nitrogen and oxygen atoms in total. The Labute approximate surface area is 125 Å². The first-order valence-corrected chi connectivity index (χ1v) is 8.54. The van der Waals surface area contributed by atoms with Gasteiger partial charge in [-0.3, -0.25) is 0 Å². The van der Waals surface area contributed by atoms with Crippen molar-refractivity contribution in [3.05, 3.63) is 35.9 Å². The van der Waals surface area contributed by atoms with Gasteiger partial charge in [0.1, 0.15) is 6.10 Å². The number of amides is 1. The third-order valence-electron chi connectivity index (χ3n) is 3.35. The minimum absolute atomic E-state index is 0.0569. The maximum absolute atomic E-state index is 11.9. The molecular formula is C14H20N2O4S. The van der Waals surface area contributed by atoms with E-state index >= 15 is 0 Å². The molecule has 2 rings (SSSR count). The average molecular weight is 312 g/mol. The molecule has 1 saturated heterocycles. The Morgan fingerprint density at radius 3 is 2.67 bits per heavy atom. The number of hydrogen-bond donors (Lipinski definition) is 1. The Bertz CT molecular complexity index is 574. The summed E-state index contributed by atoms with van der Waals surface area (Å²) in [5.74, 6) is 0.0569. The highest BCUT2D eigenvalue weighted by Gasteiger charge is 2.27. The lowest BCUT2D eigenvalue weighted by Gasteiger charge is -2.10. The molecule has 21 heavy (non-hydrogen) atoms. The first-order chi connectivity index (χ1) is 9.96. The van der Waals surface area contributed by atoms with E-state index in [1.54, 1.807) is 7.05 Å². The summed E-state index contributed by atoms with van der Waals surface area (Å²) in [5.41, 5.74) is 0.995. The van der Waals surface area contributed by atoms with E-state index in [2.05, 4.69) is 4.72 Å². The second-order valence-electron chi connectivity index (χ2n) is 5.12. The minimum atomic E-state index is -3.30. The number of nitrogens with zero attached hydrogens (tertiary/aromatic N) is 1. The third-order valence-corrected chi connectivity index (χ3v) is 4.73. The third kappa shape index (κ3) is 5.02. The number of hydrogen-bond acceptors (Lipinski definition) is 4. The molecule has 1 heterocycles. The van der Waals surface area contributed by atoms with Crippen molar-refractivity contribution in [2.75, 3.05) is 25.9 Å². The summed E-state index contributed by atoms with van der Waals surface area (Å²) >= 11 is 0. The van der Waals surface area contributed by atoms with E-state index < -0.39 is 10.0 Å². The van der Waals surface area contributed by atoms with E-state index in [1.807, 2.05) is 30.3 Å². The molecule has 1 aromatic rings. The largest absolute Gasteiger partial charge is 0.444 e. The number of likely N-dealkylation sites (N-methyl/N-ethyl adjacent to an activating group) is 1. The maximum Gasteiger partial charge on any atom is 0.409 e. The van der Waals surface area contributed by atoms with Crippen molar-refractivity contribution in [1.29, 1.82) is 0 Å². The SMILES string of the molecule is CN1CC(CCNS(=O)(=O)CCc2ccccc2)OC1=O. The van der Waals surface area contributed by atoms with E-state index in [0.29, 0.717) is 19.4 Å². The molecule has 0 saturated carbocycles. The van der Waals surface area contributed by atoms with Crippen LogP contribution in [-0.2, 0) is 21.2 Å². The monoisotopic (exact) mass is 312 g/mol. The molecule has 0 aromatic heterocycles. The smallest absolute Gasteiger partial charge is 0.409 e. The van der Waals surface area contributed by atoms with Gasteiger partial charge < -0.3 is 9.64 Å². The van der Waals surface area contributed by atoms with Gasteiger partial charge in [-0.05, 0) is 18.4 Å². The van der Waals surface area contributed by atoms with Gasteiger partial charge in [-0.15, -0.1) is 0 Å². The lowest BCUT2D eigenvalue weighted by molar-refractivity contribution is 0.131. The molecule has 1 fully saturated rings. The average Bonchev–Trinajstić information content (AvgIpc) is 2.76. The van der Waals surface area contributed by atoms with Gasteiger partial charge in [-0.2, -0.15) is 0 Å². The maximum atomic E-state index is 11.9. The van der Waals surface area contributed by atoms with Gasteiger partial charge in [0.2, 0.25) is 10.0 Å². The van der Waals surface area contributed by atoms with Crippen LogP contribution in [0.4, 0.5) is 4.79 Å². The summed E-state index contributed by atoms with van der Waals surface area (Å²) in [6.45, 7) is 0.785. The van der Waals surface area contributed by atoms with Gasteiger partial charge in [0.05, 0.1) is 12.3 Å². The van der Waals surface area contributed by atoms with Crippen LogP contribution in [0.1, 0.15) is 12.0 Å². The number of carbonyl (C=O) groups is 1. The van der Waals surface area contributed by atoms with Gasteiger partial charge in [-0.1, -0.05) is 30.3 Å². The molecule has 1 amide bonds. The van der Waals surface area contributed by atoms with Crippen LogP contribution in [0.5, 0.6) is 0 Å². The van der Waals surface area contributed by atoms with Crippen molar-refractivity contribution in [2.45, 2.75) is 18.9 Å². The zero-order valence-corrected chi connectivity index (χ0v) is 12.8. The summed E-state index contributed by atoms with van der Waals surface area (Å²) in [5, 5.41) is 0. The fraction of sp³-hybridized carbons (Fsp3) is 0.500. The lowest BCUT2D eigenvalue weighted by Crippen LogP contribution is -2.31. The van der Waals surface area contributed by atoms with Crippen molar-refractivity contribution in [3.8, 4) is 0 Å². The second kappa shape index (κ2) is 6.91. The summed E-state index contributed by atoms with van der Waals surface area (Å²) in [6.07, 6.45) is 0.379. The zero-order chi connectivity index (χ0) is 15.3. The van der Waals surface area contributed by atoms with Crippen LogP contribution in [-0.4, -0.2) is 51.4 Å². The van der Waals surface area contributed by atoms with Gasteiger partial charge in [-0.25, -0.2) is 17.9 Å². The minimum Gasteiger partial charge on any atom is -0.444 e. The Kier molecular flexibility index (Phi) is 5.19. The van der Waals surface area contributed by atoms with Crippen molar-refractivity contribution < 1.29 is 17.9 Å². The second-order valence-corrected chi connectivity index (χ2v) is 7.05. The van der Waals surface area contributed by atoms with Gasteiger partial charge >= 0.3 is 6.09 Å². The number of rotatable bonds is 7. The van der Waals surface area contributed by atoms with Crippen LogP contribution >= 0.6 is 0 Å². The van der Waals surface area contributed by atoms with Crippen molar-refractivity contribution in [2.24, 2.45) is 0 Å². The van der Waals surface area contributed by atoms with Crippen LogP contribution in [0.3, 0.4) is 0 Å².